The average molecular weight is 260 g/mol. The fourth-order valence-electron chi connectivity index (χ4n) is 3.21. The van der Waals surface area contributed by atoms with Crippen LogP contribution in [0.3, 0.4) is 0 Å². The smallest absolute Gasteiger partial charge is 0.274 e. The van der Waals surface area contributed by atoms with E-state index in [-0.39, 0.29) is 17.3 Å². The molecule has 1 N–H and O–H groups in total. The molecule has 1 aromatic heterocycles. The molecule has 19 heavy (non-hydrogen) atoms. The number of fused-ring (bicyclic) bond motifs is 2. The van der Waals surface area contributed by atoms with Gasteiger partial charge in [-0.25, -0.2) is 0 Å². The molecule has 2 aliphatic rings. The van der Waals surface area contributed by atoms with E-state index in [9.17, 15) is 9.59 Å². The maximum atomic E-state index is 12.6. The summed E-state index contributed by atoms with van der Waals surface area (Å²) in [7, 11) is 0. The zero-order chi connectivity index (χ0) is 13.4. The second-order valence-electron chi connectivity index (χ2n) is 5.68. The lowest BCUT2D eigenvalue weighted by molar-refractivity contribution is -0.121. The molecular weight excluding hydrogens is 240 g/mol. The first kappa shape index (κ1) is 12.5. The van der Waals surface area contributed by atoms with Crippen LogP contribution in [-0.4, -0.2) is 16.9 Å². The molecule has 4 heteroatoms. The number of nitrogens with one attached hydrogen (secondary N) is 1. The van der Waals surface area contributed by atoms with Crippen LogP contribution in [0.15, 0.2) is 10.9 Å². The molecule has 3 heterocycles. The molecule has 0 bridgehead atoms. The number of hydrogen-bond acceptors (Lipinski definition) is 3. The number of aryl methyl sites for hydroxylation is 2. The number of rotatable bonds is 1. The Kier molecular flexibility index (Phi) is 3.17. The number of ketones is 1. The lowest BCUT2D eigenvalue weighted by atomic mass is 9.99. The average Bonchev–Trinajstić information content (AvgIpc) is 2.62. The number of Topliss-reactive ketones (excluding diaryl/α,β-unsaturated/α-hetero) is 1. The van der Waals surface area contributed by atoms with Crippen LogP contribution in [0.1, 0.15) is 37.4 Å². The molecule has 102 valence electrons. The molecule has 0 aliphatic carbocycles. The van der Waals surface area contributed by atoms with E-state index < -0.39 is 0 Å². The van der Waals surface area contributed by atoms with Crippen LogP contribution in [0.4, 0.5) is 5.69 Å². The van der Waals surface area contributed by atoms with Crippen molar-refractivity contribution in [3.8, 4) is 0 Å². The first-order valence-corrected chi connectivity index (χ1v) is 7.16. The molecule has 0 spiro atoms. The van der Waals surface area contributed by atoms with Gasteiger partial charge in [-0.15, -0.1) is 0 Å². The van der Waals surface area contributed by atoms with Gasteiger partial charge in [0.2, 0.25) is 0 Å². The fraction of sp³-hybridized carbons (Fsp3) is 0.600. The van der Waals surface area contributed by atoms with Crippen molar-refractivity contribution in [3.63, 3.8) is 0 Å². The molecule has 0 saturated heterocycles. The highest BCUT2D eigenvalue weighted by Gasteiger charge is 2.24. The van der Waals surface area contributed by atoms with Crippen LogP contribution in [0.5, 0.6) is 0 Å². The summed E-state index contributed by atoms with van der Waals surface area (Å²) in [6.07, 6.45) is 4.88. The van der Waals surface area contributed by atoms with Crippen molar-refractivity contribution in [1.29, 1.82) is 0 Å². The van der Waals surface area contributed by atoms with Crippen molar-refractivity contribution in [2.24, 2.45) is 5.92 Å². The van der Waals surface area contributed by atoms with E-state index in [0.717, 1.165) is 55.6 Å². The van der Waals surface area contributed by atoms with Crippen LogP contribution >= 0.6 is 0 Å². The maximum Gasteiger partial charge on any atom is 0.274 e. The minimum absolute atomic E-state index is 0.000547. The lowest BCUT2D eigenvalue weighted by Gasteiger charge is -2.21. The number of pyridine rings is 1. The molecule has 2 aliphatic heterocycles. The summed E-state index contributed by atoms with van der Waals surface area (Å²) in [4.78, 5) is 24.2. The van der Waals surface area contributed by atoms with Crippen LogP contribution in [0.2, 0.25) is 0 Å². The fourth-order valence-corrected chi connectivity index (χ4v) is 3.21. The summed E-state index contributed by atoms with van der Waals surface area (Å²) in [5.74, 6) is 0.200. The molecule has 0 aromatic carbocycles. The van der Waals surface area contributed by atoms with Gasteiger partial charge in [0.15, 0.2) is 0 Å². The molecule has 0 fully saturated rings. The van der Waals surface area contributed by atoms with Crippen molar-refractivity contribution >= 4 is 11.5 Å². The Morgan fingerprint density at radius 3 is 3.00 bits per heavy atom. The second kappa shape index (κ2) is 4.83. The first-order chi connectivity index (χ1) is 9.16. The topological polar surface area (TPSA) is 51.1 Å². The van der Waals surface area contributed by atoms with Gasteiger partial charge in [0.25, 0.3) is 5.56 Å². The van der Waals surface area contributed by atoms with E-state index in [1.54, 1.807) is 6.92 Å². The Labute approximate surface area is 112 Å². The maximum absolute atomic E-state index is 12.6. The normalized spacial score (nSPS) is 21.8. The molecular formula is C15H20N2O2. The monoisotopic (exact) mass is 260 g/mol. The van der Waals surface area contributed by atoms with E-state index in [1.807, 2.05) is 4.57 Å². The van der Waals surface area contributed by atoms with E-state index >= 15 is 0 Å². The van der Waals surface area contributed by atoms with Gasteiger partial charge >= 0.3 is 0 Å². The van der Waals surface area contributed by atoms with Crippen molar-refractivity contribution in [3.05, 3.63) is 27.7 Å². The number of aromatic nitrogens is 1. The summed E-state index contributed by atoms with van der Waals surface area (Å²) < 4.78 is 1.83. The van der Waals surface area contributed by atoms with Gasteiger partial charge in [0, 0.05) is 24.7 Å². The number of nitrogens with zero attached hydrogens (tertiary/aromatic N) is 1. The predicted octanol–water partition coefficient (Wildman–Crippen LogP) is 1.75. The zero-order valence-corrected chi connectivity index (χ0v) is 11.4. The molecule has 1 unspecified atom stereocenters. The van der Waals surface area contributed by atoms with Crippen molar-refractivity contribution in [1.82, 2.24) is 4.57 Å². The van der Waals surface area contributed by atoms with E-state index in [1.165, 1.54) is 0 Å². The number of carbonyl (C=O) groups is 1. The third-order valence-electron chi connectivity index (χ3n) is 4.36. The minimum Gasteiger partial charge on any atom is -0.380 e. The third kappa shape index (κ3) is 2.20. The lowest BCUT2D eigenvalue weighted by Crippen LogP contribution is -2.32. The van der Waals surface area contributed by atoms with Gasteiger partial charge in [-0.1, -0.05) is 0 Å². The summed E-state index contributed by atoms with van der Waals surface area (Å²) in [5.41, 5.74) is 3.10. The third-order valence-corrected chi connectivity index (χ3v) is 4.36. The molecule has 3 rings (SSSR count). The molecule has 4 nitrogen and oxygen atoms in total. The Morgan fingerprint density at radius 2 is 2.21 bits per heavy atom. The summed E-state index contributed by atoms with van der Waals surface area (Å²) in [5, 5.41) is 3.23. The Bertz CT molecular complexity index is 574. The van der Waals surface area contributed by atoms with Gasteiger partial charge in [-0.05, 0) is 50.7 Å². The van der Waals surface area contributed by atoms with Gasteiger partial charge in [0.05, 0.1) is 0 Å². The highest BCUT2D eigenvalue weighted by atomic mass is 16.1. The Balaban J connectivity index is 2.08. The number of hydrogen-bond donors (Lipinski definition) is 1. The zero-order valence-electron chi connectivity index (χ0n) is 11.4. The summed E-state index contributed by atoms with van der Waals surface area (Å²) in [6, 6.07) is 2.17. The van der Waals surface area contributed by atoms with Crippen LogP contribution in [0, 0.1) is 5.92 Å². The molecule has 0 amide bonds. The Morgan fingerprint density at radius 1 is 1.37 bits per heavy atom. The van der Waals surface area contributed by atoms with Gasteiger partial charge < -0.3 is 9.88 Å². The van der Waals surface area contributed by atoms with Crippen molar-refractivity contribution in [2.45, 2.75) is 45.6 Å². The summed E-state index contributed by atoms with van der Waals surface area (Å²) >= 11 is 0. The van der Waals surface area contributed by atoms with Crippen LogP contribution in [-0.2, 0) is 24.2 Å². The minimum atomic E-state index is 0.000547. The quantitative estimate of drug-likeness (QED) is 0.837. The second-order valence-corrected chi connectivity index (χ2v) is 5.68. The van der Waals surface area contributed by atoms with Crippen LogP contribution < -0.4 is 10.9 Å². The van der Waals surface area contributed by atoms with Gasteiger partial charge in [-0.3, -0.25) is 9.59 Å². The Hall–Kier alpha value is -1.58. The largest absolute Gasteiger partial charge is 0.380 e. The highest BCUT2D eigenvalue weighted by molar-refractivity contribution is 5.78. The number of anilines is 1. The van der Waals surface area contributed by atoms with E-state index in [4.69, 9.17) is 0 Å². The highest BCUT2D eigenvalue weighted by Crippen LogP contribution is 2.24. The standard InChI is InChI=1S/C15H20N2O2/c1-10(18)12-4-2-6-13-8-11-5-3-7-16-14(11)15(19)17(13)9-12/h8,12,16H,2-7,9H2,1H3. The van der Waals surface area contributed by atoms with Crippen LogP contribution in [0.25, 0.3) is 0 Å². The molecule has 1 atom stereocenters. The SMILES string of the molecule is CC(=O)C1CCCc2cc3c(c(=O)n2C1)NCCC3. The van der Waals surface area contributed by atoms with Crippen molar-refractivity contribution in [2.75, 3.05) is 11.9 Å². The van der Waals surface area contributed by atoms with E-state index in [2.05, 4.69) is 11.4 Å². The predicted molar refractivity (Wildman–Crippen MR) is 74.6 cm³/mol. The van der Waals surface area contributed by atoms with Gasteiger partial charge in [0.1, 0.15) is 11.5 Å². The number of carbonyl (C=O) groups excluding carboxylic acids is 1. The molecule has 0 saturated carbocycles. The van der Waals surface area contributed by atoms with Crippen molar-refractivity contribution < 1.29 is 4.79 Å². The summed E-state index contributed by atoms with van der Waals surface area (Å²) in [6.45, 7) is 3.06. The van der Waals surface area contributed by atoms with Gasteiger partial charge in [-0.2, -0.15) is 0 Å². The first-order valence-electron chi connectivity index (χ1n) is 7.16. The molecule has 0 radical (unpaired) electrons. The molecule has 1 aromatic rings. The van der Waals surface area contributed by atoms with E-state index in [0.29, 0.717) is 6.54 Å².